The Kier molecular flexibility index (Phi) is 4.98. The largest absolute Gasteiger partial charge is 0.365 e. The molecule has 0 saturated heterocycles. The van der Waals surface area contributed by atoms with Crippen molar-refractivity contribution in [1.29, 1.82) is 0 Å². The van der Waals surface area contributed by atoms with Crippen molar-refractivity contribution in [3.8, 4) is 0 Å². The molecule has 0 atom stereocenters. The summed E-state index contributed by atoms with van der Waals surface area (Å²) in [6.07, 6.45) is 2.19. The van der Waals surface area contributed by atoms with Crippen LogP contribution in [0.2, 0.25) is 0 Å². The Morgan fingerprint density at radius 3 is 2.36 bits per heavy atom. The Morgan fingerprint density at radius 1 is 0.964 bits per heavy atom. The second kappa shape index (κ2) is 7.73. The highest BCUT2D eigenvalue weighted by atomic mass is 15.1. The molecule has 0 amide bonds. The maximum absolute atomic E-state index is 4.97. The molecule has 3 heteroatoms. The van der Waals surface area contributed by atoms with E-state index in [1.165, 1.54) is 22.4 Å². The molecule has 0 bridgehead atoms. The SMILES string of the molecule is C/C(=C\c1ccccc1)c1nc2cc(C)cc(C)n2c1NCc1ccccc1. The van der Waals surface area contributed by atoms with Gasteiger partial charge in [-0.15, -0.1) is 0 Å². The highest BCUT2D eigenvalue weighted by Gasteiger charge is 2.15. The fourth-order valence-corrected chi connectivity index (χ4v) is 3.62. The molecule has 3 nitrogen and oxygen atoms in total. The van der Waals surface area contributed by atoms with E-state index in [0.717, 1.165) is 29.3 Å². The Bertz CT molecular complexity index is 1120. The van der Waals surface area contributed by atoms with Crippen molar-refractivity contribution < 1.29 is 0 Å². The van der Waals surface area contributed by atoms with Gasteiger partial charge in [-0.25, -0.2) is 4.98 Å². The Morgan fingerprint density at radius 2 is 1.64 bits per heavy atom. The topological polar surface area (TPSA) is 29.3 Å². The standard InChI is InChI=1S/C25H25N3/c1-18-14-20(3)28-23(15-18)27-24(19(2)16-21-10-6-4-7-11-21)25(28)26-17-22-12-8-5-9-13-22/h4-16,26H,17H2,1-3H3/b19-16+. The first-order valence-corrected chi connectivity index (χ1v) is 9.63. The molecule has 2 aromatic heterocycles. The van der Waals surface area contributed by atoms with Crippen molar-refractivity contribution in [3.63, 3.8) is 0 Å². The fraction of sp³-hybridized carbons (Fsp3) is 0.160. The summed E-state index contributed by atoms with van der Waals surface area (Å²) in [5.41, 5.74) is 7.94. The lowest BCUT2D eigenvalue weighted by Gasteiger charge is -2.11. The van der Waals surface area contributed by atoms with Gasteiger partial charge in [0, 0.05) is 12.2 Å². The summed E-state index contributed by atoms with van der Waals surface area (Å²) in [6.45, 7) is 7.14. The highest BCUT2D eigenvalue weighted by molar-refractivity contribution is 5.85. The van der Waals surface area contributed by atoms with Gasteiger partial charge in [-0.1, -0.05) is 60.7 Å². The number of allylic oxidation sites excluding steroid dienone is 1. The van der Waals surface area contributed by atoms with Gasteiger partial charge in [0.15, 0.2) is 0 Å². The molecule has 0 fully saturated rings. The van der Waals surface area contributed by atoms with Crippen molar-refractivity contribution in [2.24, 2.45) is 0 Å². The summed E-state index contributed by atoms with van der Waals surface area (Å²) in [4.78, 5) is 4.97. The average Bonchev–Trinajstić information content (AvgIpc) is 3.07. The molecule has 2 heterocycles. The summed E-state index contributed by atoms with van der Waals surface area (Å²) in [5, 5.41) is 3.64. The second-order valence-electron chi connectivity index (χ2n) is 7.25. The number of aromatic nitrogens is 2. The monoisotopic (exact) mass is 367 g/mol. The third-order valence-corrected chi connectivity index (χ3v) is 4.91. The summed E-state index contributed by atoms with van der Waals surface area (Å²) in [5.74, 6) is 1.04. The van der Waals surface area contributed by atoms with Gasteiger partial charge in [0.1, 0.15) is 17.2 Å². The Balaban J connectivity index is 1.80. The summed E-state index contributed by atoms with van der Waals surface area (Å²) < 4.78 is 2.22. The van der Waals surface area contributed by atoms with Crippen molar-refractivity contribution >= 4 is 23.1 Å². The molecule has 0 unspecified atom stereocenters. The third kappa shape index (κ3) is 3.70. The number of nitrogens with one attached hydrogen (secondary N) is 1. The number of hydrogen-bond acceptors (Lipinski definition) is 2. The van der Waals surface area contributed by atoms with E-state index in [-0.39, 0.29) is 0 Å². The Hall–Kier alpha value is -3.33. The van der Waals surface area contributed by atoms with Crippen LogP contribution < -0.4 is 5.32 Å². The molecule has 0 radical (unpaired) electrons. The molecule has 2 aromatic carbocycles. The predicted octanol–water partition coefficient (Wildman–Crippen LogP) is 6.12. The summed E-state index contributed by atoms with van der Waals surface area (Å²) >= 11 is 0. The van der Waals surface area contributed by atoms with E-state index in [2.05, 4.69) is 97.2 Å². The second-order valence-corrected chi connectivity index (χ2v) is 7.25. The molecule has 0 aliphatic heterocycles. The molecule has 0 saturated carbocycles. The van der Waals surface area contributed by atoms with Crippen LogP contribution >= 0.6 is 0 Å². The molecule has 4 aromatic rings. The number of fused-ring (bicyclic) bond motifs is 1. The molecule has 1 N–H and O–H groups in total. The zero-order chi connectivity index (χ0) is 19.5. The fourth-order valence-electron chi connectivity index (χ4n) is 3.62. The van der Waals surface area contributed by atoms with Crippen LogP contribution in [0.15, 0.2) is 72.8 Å². The van der Waals surface area contributed by atoms with Crippen molar-refractivity contribution in [3.05, 3.63) is 101 Å². The van der Waals surface area contributed by atoms with Gasteiger partial charge in [0.25, 0.3) is 0 Å². The molecule has 0 aliphatic rings. The van der Waals surface area contributed by atoms with Crippen molar-refractivity contribution in [2.75, 3.05) is 5.32 Å². The zero-order valence-electron chi connectivity index (χ0n) is 16.6. The smallest absolute Gasteiger partial charge is 0.139 e. The first-order valence-electron chi connectivity index (χ1n) is 9.63. The van der Waals surface area contributed by atoms with Crippen molar-refractivity contribution in [1.82, 2.24) is 9.38 Å². The van der Waals surface area contributed by atoms with Gasteiger partial charge >= 0.3 is 0 Å². The van der Waals surface area contributed by atoms with Gasteiger partial charge in [-0.05, 0) is 61.2 Å². The van der Waals surface area contributed by atoms with E-state index >= 15 is 0 Å². The van der Waals surface area contributed by atoms with E-state index in [4.69, 9.17) is 4.98 Å². The minimum Gasteiger partial charge on any atom is -0.365 e. The van der Waals surface area contributed by atoms with Gasteiger partial charge in [-0.3, -0.25) is 4.40 Å². The minimum absolute atomic E-state index is 0.758. The number of nitrogens with zero attached hydrogens (tertiary/aromatic N) is 2. The van der Waals surface area contributed by atoms with Crippen LogP contribution in [0.25, 0.3) is 17.3 Å². The van der Waals surface area contributed by atoms with Gasteiger partial charge < -0.3 is 5.32 Å². The maximum atomic E-state index is 4.97. The van der Waals surface area contributed by atoms with Crippen LogP contribution in [0.3, 0.4) is 0 Å². The number of hydrogen-bond donors (Lipinski definition) is 1. The van der Waals surface area contributed by atoms with Gasteiger partial charge in [0.2, 0.25) is 0 Å². The lowest BCUT2D eigenvalue weighted by molar-refractivity contribution is 1.04. The van der Waals surface area contributed by atoms with Crippen molar-refractivity contribution in [2.45, 2.75) is 27.3 Å². The van der Waals surface area contributed by atoms with E-state index in [0.29, 0.717) is 0 Å². The van der Waals surface area contributed by atoms with Crippen LogP contribution in [0.5, 0.6) is 0 Å². The zero-order valence-corrected chi connectivity index (χ0v) is 16.6. The summed E-state index contributed by atoms with van der Waals surface area (Å²) in [7, 11) is 0. The lowest BCUT2D eigenvalue weighted by atomic mass is 10.1. The molecule has 28 heavy (non-hydrogen) atoms. The number of rotatable bonds is 5. The number of imidazole rings is 1. The molecule has 140 valence electrons. The first-order chi connectivity index (χ1) is 13.6. The van der Waals surface area contributed by atoms with E-state index < -0.39 is 0 Å². The van der Waals surface area contributed by atoms with E-state index in [9.17, 15) is 0 Å². The average molecular weight is 367 g/mol. The lowest BCUT2D eigenvalue weighted by Crippen LogP contribution is -2.05. The van der Waals surface area contributed by atoms with E-state index in [1.807, 2.05) is 12.1 Å². The molecule has 4 rings (SSSR count). The van der Waals surface area contributed by atoms with E-state index in [1.54, 1.807) is 0 Å². The number of aryl methyl sites for hydroxylation is 2. The maximum Gasteiger partial charge on any atom is 0.139 e. The third-order valence-electron chi connectivity index (χ3n) is 4.91. The first kappa shape index (κ1) is 18.1. The van der Waals surface area contributed by atoms with Crippen LogP contribution in [0, 0.1) is 13.8 Å². The quantitative estimate of drug-likeness (QED) is 0.460. The predicted molar refractivity (Wildman–Crippen MR) is 118 cm³/mol. The number of benzene rings is 2. The van der Waals surface area contributed by atoms with Gasteiger partial charge in [0.05, 0.1) is 0 Å². The van der Waals surface area contributed by atoms with Crippen LogP contribution in [-0.2, 0) is 6.54 Å². The highest BCUT2D eigenvalue weighted by Crippen LogP contribution is 2.29. The van der Waals surface area contributed by atoms with Crippen LogP contribution in [0.1, 0.15) is 35.0 Å². The minimum atomic E-state index is 0.758. The molecule has 0 aliphatic carbocycles. The molecular formula is C25H25N3. The van der Waals surface area contributed by atoms with Gasteiger partial charge in [-0.2, -0.15) is 0 Å². The Labute approximate surface area is 166 Å². The van der Waals surface area contributed by atoms with Crippen LogP contribution in [0.4, 0.5) is 5.82 Å². The number of pyridine rings is 1. The summed E-state index contributed by atoms with van der Waals surface area (Å²) in [6, 6.07) is 25.2. The molecule has 0 spiro atoms. The molecular weight excluding hydrogens is 342 g/mol. The number of anilines is 1. The van der Waals surface area contributed by atoms with Crippen LogP contribution in [-0.4, -0.2) is 9.38 Å². The normalized spacial score (nSPS) is 11.8.